The van der Waals surface area contributed by atoms with E-state index in [1.165, 1.54) is 18.6 Å². The van der Waals surface area contributed by atoms with Crippen LogP contribution in [-0.4, -0.2) is 50.8 Å². The summed E-state index contributed by atoms with van der Waals surface area (Å²) in [6.45, 7) is 0.694. The zero-order valence-corrected chi connectivity index (χ0v) is 23.4. The first kappa shape index (κ1) is 32.8. The van der Waals surface area contributed by atoms with E-state index in [0.29, 0.717) is 28.5 Å². The molecule has 3 N–H and O–H groups in total. The van der Waals surface area contributed by atoms with Crippen LogP contribution in [0.2, 0.25) is 0 Å². The van der Waals surface area contributed by atoms with Gasteiger partial charge in [0.15, 0.2) is 0 Å². The number of carboxylic acids is 2. The highest BCUT2D eigenvalue weighted by Gasteiger charge is 2.17. The minimum atomic E-state index is -0.879. The predicted octanol–water partition coefficient (Wildman–Crippen LogP) is 6.69. The molecule has 0 bridgehead atoms. The summed E-state index contributed by atoms with van der Waals surface area (Å²) in [6.07, 6.45) is 2.42. The smallest absolute Gasteiger partial charge is 0.338 e. The van der Waals surface area contributed by atoms with E-state index in [4.69, 9.17) is 20.1 Å². The normalized spacial score (nSPS) is 13.0. The van der Waals surface area contributed by atoms with Crippen molar-refractivity contribution in [3.05, 3.63) is 144 Å². The molecule has 0 amide bonds. The molecule has 1 fully saturated rings. The van der Waals surface area contributed by atoms with Gasteiger partial charge in [-0.05, 0) is 60.6 Å². The number of carbonyl (C=O) groups is 3. The molecule has 0 spiro atoms. The van der Waals surface area contributed by atoms with Gasteiger partial charge in [-0.25, -0.2) is 14.4 Å². The second-order valence-corrected chi connectivity index (χ2v) is 9.99. The summed E-state index contributed by atoms with van der Waals surface area (Å²) < 4.78 is 5.25. The van der Waals surface area contributed by atoms with Gasteiger partial charge in [-0.3, -0.25) is 0 Å². The maximum Gasteiger partial charge on any atom is 0.338 e. The number of carbonyl (C=O) groups excluding carboxylic acids is 1. The lowest BCUT2D eigenvalue weighted by atomic mass is 10.2. The van der Waals surface area contributed by atoms with Crippen LogP contribution in [-0.2, 0) is 11.3 Å². The number of rotatable bonds is 6. The fourth-order valence-corrected chi connectivity index (χ4v) is 4.51. The van der Waals surface area contributed by atoms with Crippen LogP contribution in [0, 0.1) is 0 Å². The Balaban J connectivity index is 0.000000199. The first-order valence-corrected chi connectivity index (χ1v) is 14.0. The number of benzene rings is 4. The van der Waals surface area contributed by atoms with Gasteiger partial charge in [-0.2, -0.15) is 11.8 Å². The van der Waals surface area contributed by atoms with Crippen molar-refractivity contribution in [3.63, 3.8) is 0 Å². The van der Waals surface area contributed by atoms with E-state index in [9.17, 15) is 14.4 Å². The van der Waals surface area contributed by atoms with Gasteiger partial charge < -0.3 is 20.1 Å². The Kier molecular flexibility index (Phi) is 15.7. The molecule has 1 saturated heterocycles. The van der Waals surface area contributed by atoms with Crippen molar-refractivity contribution in [3.8, 4) is 0 Å². The molecular formula is C33H34O7S. The number of aliphatic hydroxyl groups excluding tert-OH is 1. The van der Waals surface area contributed by atoms with Crippen LogP contribution in [0.3, 0.4) is 0 Å². The summed E-state index contributed by atoms with van der Waals surface area (Å²) >= 11 is 1.90. The fourth-order valence-electron chi connectivity index (χ4n) is 3.35. The minimum absolute atomic E-state index is 0.140. The molecule has 1 aliphatic rings. The molecule has 41 heavy (non-hydrogen) atoms. The molecule has 5 rings (SSSR count). The quantitative estimate of drug-likeness (QED) is 0.218. The Morgan fingerprint density at radius 1 is 0.659 bits per heavy atom. The van der Waals surface area contributed by atoms with Crippen molar-refractivity contribution in [1.82, 2.24) is 0 Å². The lowest BCUT2D eigenvalue weighted by molar-refractivity contribution is 0.0505. The molecule has 0 unspecified atom stereocenters. The topological polar surface area (TPSA) is 121 Å². The summed E-state index contributed by atoms with van der Waals surface area (Å²) in [6, 6.07) is 35.3. The Labute approximate surface area is 244 Å². The average Bonchev–Trinajstić information content (AvgIpc) is 3.56. The molecule has 1 heterocycles. The lowest BCUT2D eigenvalue weighted by Crippen LogP contribution is -2.13. The summed E-state index contributed by atoms with van der Waals surface area (Å²) in [5.41, 5.74) is 2.27. The number of hydrogen-bond acceptors (Lipinski definition) is 6. The van der Waals surface area contributed by atoms with Gasteiger partial charge in [0.25, 0.3) is 0 Å². The van der Waals surface area contributed by atoms with Gasteiger partial charge in [0.2, 0.25) is 0 Å². The van der Waals surface area contributed by atoms with E-state index < -0.39 is 11.9 Å². The summed E-state index contributed by atoms with van der Waals surface area (Å²) in [4.78, 5) is 32.0. The van der Waals surface area contributed by atoms with Gasteiger partial charge in [0, 0.05) is 5.25 Å². The maximum absolute atomic E-state index is 11.6. The monoisotopic (exact) mass is 574 g/mol. The first-order chi connectivity index (χ1) is 19.9. The molecule has 1 aliphatic heterocycles. The summed E-state index contributed by atoms with van der Waals surface area (Å²) in [5.74, 6) is -0.762. The SMILES string of the molecule is O=C(O)c1ccccc1.O=C(O)c1ccccc1.O=C(OC[C@@H]1CCCS1)c1ccccc1.OCc1ccccc1. The van der Waals surface area contributed by atoms with Crippen molar-refractivity contribution < 1.29 is 34.4 Å². The average molecular weight is 575 g/mol. The van der Waals surface area contributed by atoms with Gasteiger partial charge in [-0.15, -0.1) is 0 Å². The molecule has 0 radical (unpaired) electrons. The van der Waals surface area contributed by atoms with Crippen molar-refractivity contribution >= 4 is 29.7 Å². The number of ether oxygens (including phenoxy) is 1. The zero-order chi connectivity index (χ0) is 29.7. The van der Waals surface area contributed by atoms with Gasteiger partial charge in [-0.1, -0.05) is 84.9 Å². The molecule has 8 heteroatoms. The van der Waals surface area contributed by atoms with Crippen LogP contribution in [0.15, 0.2) is 121 Å². The minimum Gasteiger partial charge on any atom is -0.478 e. The molecular weight excluding hydrogens is 540 g/mol. The number of aromatic carboxylic acids is 2. The standard InChI is InChI=1S/C12H14O2S.2C7H6O2.C7H8O/c13-12(10-5-2-1-3-6-10)14-9-11-7-4-8-15-11;2*8-7(9)6-4-2-1-3-5-6;8-6-7-4-2-1-3-5-7/h1-3,5-6,11H,4,7-9H2;2*1-5H,(H,8,9);1-5,8H,6H2/t11-;;;/m0.../s1. The number of esters is 1. The van der Waals surface area contributed by atoms with Crippen LogP contribution in [0.5, 0.6) is 0 Å². The molecule has 4 aromatic rings. The molecule has 1 atom stereocenters. The van der Waals surface area contributed by atoms with E-state index in [2.05, 4.69) is 0 Å². The first-order valence-electron chi connectivity index (χ1n) is 13.0. The molecule has 214 valence electrons. The van der Waals surface area contributed by atoms with Gasteiger partial charge >= 0.3 is 17.9 Å². The Morgan fingerprint density at radius 2 is 1.07 bits per heavy atom. The van der Waals surface area contributed by atoms with E-state index in [0.717, 1.165) is 5.56 Å². The molecule has 0 aliphatic carbocycles. The molecule has 4 aromatic carbocycles. The van der Waals surface area contributed by atoms with Crippen molar-refractivity contribution in [2.45, 2.75) is 24.7 Å². The highest BCUT2D eigenvalue weighted by molar-refractivity contribution is 8.00. The van der Waals surface area contributed by atoms with Crippen LogP contribution in [0.1, 0.15) is 49.5 Å². The van der Waals surface area contributed by atoms with Crippen LogP contribution in [0.25, 0.3) is 0 Å². The Bertz CT molecular complexity index is 1230. The second-order valence-electron chi connectivity index (χ2n) is 8.59. The van der Waals surface area contributed by atoms with Crippen LogP contribution in [0.4, 0.5) is 0 Å². The van der Waals surface area contributed by atoms with Crippen molar-refractivity contribution in [2.24, 2.45) is 0 Å². The second kappa shape index (κ2) is 19.6. The molecule has 0 saturated carbocycles. The third kappa shape index (κ3) is 14.0. The summed E-state index contributed by atoms with van der Waals surface area (Å²) in [7, 11) is 0. The lowest BCUT2D eigenvalue weighted by Gasteiger charge is -2.09. The van der Waals surface area contributed by atoms with Crippen molar-refractivity contribution in [2.75, 3.05) is 12.4 Å². The zero-order valence-electron chi connectivity index (χ0n) is 22.5. The van der Waals surface area contributed by atoms with E-state index >= 15 is 0 Å². The van der Waals surface area contributed by atoms with E-state index in [1.54, 1.807) is 72.8 Å². The Hall–Kier alpha value is -4.40. The molecule has 0 aromatic heterocycles. The van der Waals surface area contributed by atoms with E-state index in [-0.39, 0.29) is 12.6 Å². The largest absolute Gasteiger partial charge is 0.478 e. The fraction of sp³-hybridized carbons (Fsp3) is 0.182. The number of aliphatic hydroxyl groups is 1. The van der Waals surface area contributed by atoms with Gasteiger partial charge in [0.05, 0.1) is 23.3 Å². The Morgan fingerprint density at radius 3 is 1.39 bits per heavy atom. The highest BCUT2D eigenvalue weighted by atomic mass is 32.2. The van der Waals surface area contributed by atoms with E-state index in [1.807, 2.05) is 60.3 Å². The maximum atomic E-state index is 11.6. The third-order valence-electron chi connectivity index (χ3n) is 5.50. The number of carboxylic acid groups (broad SMARTS) is 2. The highest BCUT2D eigenvalue weighted by Crippen LogP contribution is 2.26. The van der Waals surface area contributed by atoms with Crippen LogP contribution < -0.4 is 0 Å². The molecule has 7 nitrogen and oxygen atoms in total. The third-order valence-corrected chi connectivity index (χ3v) is 6.87. The van der Waals surface area contributed by atoms with Gasteiger partial charge in [0.1, 0.15) is 6.61 Å². The summed E-state index contributed by atoms with van der Waals surface area (Å²) in [5, 5.41) is 25.8. The predicted molar refractivity (Wildman–Crippen MR) is 161 cm³/mol. The number of thioether (sulfide) groups is 1. The van der Waals surface area contributed by atoms with Crippen LogP contribution >= 0.6 is 11.8 Å². The van der Waals surface area contributed by atoms with Crippen molar-refractivity contribution in [1.29, 1.82) is 0 Å². The number of hydrogen-bond donors (Lipinski definition) is 3.